The highest BCUT2D eigenvalue weighted by Gasteiger charge is 2.25. The van der Waals surface area contributed by atoms with E-state index in [4.69, 9.17) is 13.9 Å². The minimum absolute atomic E-state index is 0.193. The molecule has 1 saturated heterocycles. The molecular formula is C26H28N4O3. The van der Waals surface area contributed by atoms with Crippen LogP contribution in [0, 0.1) is 5.92 Å². The predicted molar refractivity (Wildman–Crippen MR) is 127 cm³/mol. The minimum atomic E-state index is 0.193. The van der Waals surface area contributed by atoms with Crippen molar-refractivity contribution in [1.82, 2.24) is 15.0 Å². The molecule has 0 unspecified atom stereocenters. The molecule has 0 N–H and O–H groups in total. The highest BCUT2D eigenvalue weighted by atomic mass is 16.5. The molecule has 0 amide bonds. The number of ether oxygens (including phenoxy) is 2. The van der Waals surface area contributed by atoms with Gasteiger partial charge in [0.15, 0.2) is 5.58 Å². The van der Waals surface area contributed by atoms with Gasteiger partial charge in [0.05, 0.1) is 36.8 Å². The Morgan fingerprint density at radius 1 is 0.939 bits per heavy atom. The van der Waals surface area contributed by atoms with E-state index < -0.39 is 0 Å². The van der Waals surface area contributed by atoms with Crippen LogP contribution in [0.1, 0.15) is 31.4 Å². The maximum Gasteiger partial charge on any atom is 0.155 e. The topological polar surface area (TPSA) is 73.5 Å². The number of hydrogen-bond donors (Lipinski definition) is 0. The number of pyridine rings is 1. The van der Waals surface area contributed by atoms with Gasteiger partial charge in [-0.3, -0.25) is 9.97 Å². The van der Waals surface area contributed by atoms with Crippen molar-refractivity contribution in [1.29, 1.82) is 0 Å². The summed E-state index contributed by atoms with van der Waals surface area (Å²) in [6, 6.07) is 8.25. The van der Waals surface area contributed by atoms with Crippen LogP contribution >= 0.6 is 0 Å². The summed E-state index contributed by atoms with van der Waals surface area (Å²) >= 11 is 0. The number of aromatic nitrogens is 3. The molecule has 1 aliphatic carbocycles. The Hall–Kier alpha value is -3.19. The van der Waals surface area contributed by atoms with Gasteiger partial charge in [-0.25, -0.2) is 4.98 Å². The zero-order chi connectivity index (χ0) is 22.0. The molecular weight excluding hydrogens is 416 g/mol. The van der Waals surface area contributed by atoms with Gasteiger partial charge in [-0.2, -0.15) is 0 Å². The lowest BCUT2D eigenvalue weighted by molar-refractivity contribution is 0.122. The molecule has 7 heteroatoms. The highest BCUT2D eigenvalue weighted by Crippen LogP contribution is 2.35. The van der Waals surface area contributed by atoms with Gasteiger partial charge >= 0.3 is 0 Å². The van der Waals surface area contributed by atoms with Crippen molar-refractivity contribution in [3.63, 3.8) is 0 Å². The Morgan fingerprint density at radius 2 is 1.79 bits per heavy atom. The van der Waals surface area contributed by atoms with Gasteiger partial charge < -0.3 is 18.8 Å². The Balaban J connectivity index is 1.16. The van der Waals surface area contributed by atoms with E-state index in [0.29, 0.717) is 5.92 Å². The number of anilines is 1. The summed E-state index contributed by atoms with van der Waals surface area (Å²) in [6.45, 7) is 3.26. The van der Waals surface area contributed by atoms with Gasteiger partial charge in [-0.05, 0) is 56.2 Å². The Bertz CT molecular complexity index is 1240. The van der Waals surface area contributed by atoms with Crippen molar-refractivity contribution in [2.75, 3.05) is 31.2 Å². The van der Waals surface area contributed by atoms with E-state index in [-0.39, 0.29) is 6.10 Å². The van der Waals surface area contributed by atoms with Crippen LogP contribution in [-0.2, 0) is 11.2 Å². The Labute approximate surface area is 192 Å². The first-order chi connectivity index (χ1) is 16.3. The number of furan rings is 1. The highest BCUT2D eigenvalue weighted by molar-refractivity contribution is 5.85. The van der Waals surface area contributed by atoms with Crippen LogP contribution in [0.3, 0.4) is 0 Å². The molecule has 0 atom stereocenters. The zero-order valence-electron chi connectivity index (χ0n) is 18.7. The van der Waals surface area contributed by atoms with E-state index in [2.05, 4.69) is 32.0 Å². The third-order valence-electron chi connectivity index (χ3n) is 6.91. The van der Waals surface area contributed by atoms with Crippen molar-refractivity contribution in [2.24, 2.45) is 5.92 Å². The molecule has 1 aliphatic heterocycles. The van der Waals surface area contributed by atoms with Gasteiger partial charge in [0.2, 0.25) is 0 Å². The molecule has 3 aromatic heterocycles. The molecule has 0 bridgehead atoms. The molecule has 2 fully saturated rings. The van der Waals surface area contributed by atoms with Crippen LogP contribution in [0.15, 0.2) is 53.5 Å². The van der Waals surface area contributed by atoms with Crippen LogP contribution in [-0.4, -0.2) is 47.4 Å². The second-order valence-corrected chi connectivity index (χ2v) is 9.03. The SMILES string of the molecule is c1cc2ccoc2c(CC2CCC(Oc3cc(N4CCOCC4)cc4nccnc34)CC2)n1. The molecule has 7 nitrogen and oxygen atoms in total. The lowest BCUT2D eigenvalue weighted by Crippen LogP contribution is -2.36. The first kappa shape index (κ1) is 20.4. The number of rotatable bonds is 5. The lowest BCUT2D eigenvalue weighted by atomic mass is 9.84. The summed E-state index contributed by atoms with van der Waals surface area (Å²) in [4.78, 5) is 16.1. The van der Waals surface area contributed by atoms with E-state index in [9.17, 15) is 0 Å². The first-order valence-electron chi connectivity index (χ1n) is 11.9. The maximum absolute atomic E-state index is 6.56. The van der Waals surface area contributed by atoms with E-state index in [1.807, 2.05) is 18.3 Å². The smallest absolute Gasteiger partial charge is 0.155 e. The molecule has 1 saturated carbocycles. The number of benzene rings is 1. The summed E-state index contributed by atoms with van der Waals surface area (Å²) < 4.78 is 17.8. The lowest BCUT2D eigenvalue weighted by Gasteiger charge is -2.31. The van der Waals surface area contributed by atoms with Gasteiger partial charge in [0.1, 0.15) is 11.3 Å². The van der Waals surface area contributed by atoms with Gasteiger partial charge in [-0.15, -0.1) is 0 Å². The molecule has 170 valence electrons. The van der Waals surface area contributed by atoms with Crippen molar-refractivity contribution >= 4 is 27.7 Å². The van der Waals surface area contributed by atoms with Gasteiger partial charge in [-0.1, -0.05) is 0 Å². The fourth-order valence-corrected chi connectivity index (χ4v) is 5.13. The average molecular weight is 445 g/mol. The summed E-state index contributed by atoms with van der Waals surface area (Å²) in [5, 5.41) is 1.13. The van der Waals surface area contributed by atoms with E-state index in [0.717, 1.165) is 97.5 Å². The van der Waals surface area contributed by atoms with Crippen LogP contribution in [0.5, 0.6) is 5.75 Å². The molecule has 33 heavy (non-hydrogen) atoms. The largest absolute Gasteiger partial charge is 0.488 e. The number of hydrogen-bond acceptors (Lipinski definition) is 7. The minimum Gasteiger partial charge on any atom is -0.488 e. The van der Waals surface area contributed by atoms with Gasteiger partial charge in [0.25, 0.3) is 0 Å². The fourth-order valence-electron chi connectivity index (χ4n) is 5.13. The molecule has 2 aliphatic rings. The van der Waals surface area contributed by atoms with Crippen LogP contribution in [0.25, 0.3) is 22.0 Å². The summed E-state index contributed by atoms with van der Waals surface area (Å²) in [5.41, 5.74) is 4.85. The average Bonchev–Trinajstić information content (AvgIpc) is 3.36. The molecule has 1 aromatic carbocycles. The Kier molecular flexibility index (Phi) is 5.56. The molecule has 4 aromatic rings. The number of fused-ring (bicyclic) bond motifs is 2. The third kappa shape index (κ3) is 4.25. The van der Waals surface area contributed by atoms with Crippen LogP contribution < -0.4 is 9.64 Å². The summed E-state index contributed by atoms with van der Waals surface area (Å²) in [5.74, 6) is 1.44. The van der Waals surface area contributed by atoms with E-state index in [1.54, 1.807) is 18.7 Å². The standard InChI is InChI=1S/C26H28N4O3/c1-3-21(4-2-18(1)15-23-26-19(5-7-27-23)6-12-32-26)33-24-17-20(30-10-13-31-14-11-30)16-22-25(24)29-9-8-28-22/h5-9,12,16-18,21H,1-4,10-11,13-15H2. The number of nitrogens with zero attached hydrogens (tertiary/aromatic N) is 4. The zero-order valence-corrected chi connectivity index (χ0v) is 18.7. The fraction of sp³-hybridized carbons (Fsp3) is 0.423. The van der Waals surface area contributed by atoms with Crippen molar-refractivity contribution < 1.29 is 13.9 Å². The van der Waals surface area contributed by atoms with E-state index in [1.165, 1.54) is 0 Å². The second-order valence-electron chi connectivity index (χ2n) is 9.03. The van der Waals surface area contributed by atoms with Crippen molar-refractivity contribution in [2.45, 2.75) is 38.2 Å². The molecule has 0 spiro atoms. The predicted octanol–water partition coefficient (Wildman–Crippen LogP) is 4.79. The monoisotopic (exact) mass is 444 g/mol. The molecule has 0 radical (unpaired) electrons. The van der Waals surface area contributed by atoms with Crippen molar-refractivity contribution in [3.05, 3.63) is 54.8 Å². The first-order valence-corrected chi connectivity index (χ1v) is 11.9. The third-order valence-corrected chi connectivity index (χ3v) is 6.91. The Morgan fingerprint density at radius 3 is 2.67 bits per heavy atom. The van der Waals surface area contributed by atoms with Crippen LogP contribution in [0.2, 0.25) is 0 Å². The maximum atomic E-state index is 6.56. The summed E-state index contributed by atoms with van der Waals surface area (Å²) in [7, 11) is 0. The second kappa shape index (κ2) is 8.98. The van der Waals surface area contributed by atoms with Gasteiger partial charge in [0, 0.05) is 48.8 Å². The van der Waals surface area contributed by atoms with Crippen molar-refractivity contribution in [3.8, 4) is 5.75 Å². The molecule has 4 heterocycles. The normalized spacial score (nSPS) is 21.5. The quantitative estimate of drug-likeness (QED) is 0.438. The van der Waals surface area contributed by atoms with E-state index >= 15 is 0 Å². The van der Waals surface area contributed by atoms with Crippen LogP contribution in [0.4, 0.5) is 5.69 Å². The molecule has 6 rings (SSSR count). The summed E-state index contributed by atoms with van der Waals surface area (Å²) in [6.07, 6.45) is 12.6. The number of morpholine rings is 1.